The van der Waals surface area contributed by atoms with Gasteiger partial charge in [0.05, 0.1) is 17.7 Å². The molecule has 0 unspecified atom stereocenters. The van der Waals surface area contributed by atoms with Crippen LogP contribution in [0, 0.1) is 11.6 Å². The van der Waals surface area contributed by atoms with Gasteiger partial charge in [0.15, 0.2) is 0 Å². The summed E-state index contributed by atoms with van der Waals surface area (Å²) in [6.45, 7) is 3.59. The van der Waals surface area contributed by atoms with Gasteiger partial charge in [0.2, 0.25) is 5.88 Å². The number of amides is 1. The predicted octanol–water partition coefficient (Wildman–Crippen LogP) is 5.21. The monoisotopic (exact) mass is 502 g/mol. The summed E-state index contributed by atoms with van der Waals surface area (Å²) in [4.78, 5) is 19.6. The largest absolute Gasteiger partial charge is 0.338 e. The summed E-state index contributed by atoms with van der Waals surface area (Å²) in [5, 5.41) is 4.36. The van der Waals surface area contributed by atoms with Crippen LogP contribution in [-0.2, 0) is 13.1 Å². The fourth-order valence-corrected chi connectivity index (χ4v) is 4.53. The summed E-state index contributed by atoms with van der Waals surface area (Å²) < 4.78 is 34.2. The van der Waals surface area contributed by atoms with Crippen LogP contribution in [0.5, 0.6) is 0 Å². The van der Waals surface area contributed by atoms with E-state index in [1.807, 2.05) is 30.3 Å². The standard InChI is InChI=1S/C29H28F2N4O2/c1-33-15-17-34(18-16-33)29-25(27(32-37-29)22-11-13-23(30)14-12-22)20-35(19-21-7-3-2-4-8-21)28(36)24-9-5-6-10-26(24)31/h2-14H,15-20H2,1H3. The molecule has 1 amide bonds. The lowest BCUT2D eigenvalue weighted by atomic mass is 10.0. The van der Waals surface area contributed by atoms with E-state index in [1.165, 1.54) is 24.3 Å². The van der Waals surface area contributed by atoms with Crippen LogP contribution < -0.4 is 4.90 Å². The molecule has 3 aromatic carbocycles. The van der Waals surface area contributed by atoms with Crippen LogP contribution in [0.4, 0.5) is 14.7 Å². The minimum Gasteiger partial charge on any atom is -0.338 e. The SMILES string of the molecule is CN1CCN(c2onc(-c3ccc(F)cc3)c2CN(Cc2ccccc2)C(=O)c2ccccc2F)CC1. The second-order valence-electron chi connectivity index (χ2n) is 9.24. The third-order valence-electron chi connectivity index (χ3n) is 6.63. The molecule has 0 N–H and O–H groups in total. The molecular weight excluding hydrogens is 474 g/mol. The van der Waals surface area contributed by atoms with Crippen molar-refractivity contribution < 1.29 is 18.1 Å². The van der Waals surface area contributed by atoms with Gasteiger partial charge in [-0.1, -0.05) is 47.6 Å². The van der Waals surface area contributed by atoms with E-state index in [2.05, 4.69) is 22.0 Å². The van der Waals surface area contributed by atoms with Gasteiger partial charge < -0.3 is 19.2 Å². The van der Waals surface area contributed by atoms with Crippen molar-refractivity contribution in [2.24, 2.45) is 0 Å². The van der Waals surface area contributed by atoms with Crippen LogP contribution in [-0.4, -0.2) is 54.1 Å². The Hall–Kier alpha value is -4.04. The lowest BCUT2D eigenvalue weighted by Crippen LogP contribution is -2.44. The molecule has 0 bridgehead atoms. The Balaban J connectivity index is 1.56. The molecule has 1 aliphatic heterocycles. The zero-order chi connectivity index (χ0) is 25.8. The third kappa shape index (κ3) is 5.54. The molecule has 0 saturated carbocycles. The average Bonchev–Trinajstić information content (AvgIpc) is 3.33. The fraction of sp³-hybridized carbons (Fsp3) is 0.241. The van der Waals surface area contributed by atoms with Crippen molar-refractivity contribution in [1.29, 1.82) is 0 Å². The van der Waals surface area contributed by atoms with E-state index < -0.39 is 11.7 Å². The number of piperazine rings is 1. The Morgan fingerprint density at radius 2 is 1.57 bits per heavy atom. The van der Waals surface area contributed by atoms with Gasteiger partial charge in [-0.2, -0.15) is 0 Å². The van der Waals surface area contributed by atoms with Crippen molar-refractivity contribution in [1.82, 2.24) is 15.0 Å². The highest BCUT2D eigenvalue weighted by Gasteiger charge is 2.29. The number of carbonyl (C=O) groups is 1. The van der Waals surface area contributed by atoms with Gasteiger partial charge >= 0.3 is 0 Å². The molecule has 190 valence electrons. The van der Waals surface area contributed by atoms with Crippen LogP contribution in [0.15, 0.2) is 83.4 Å². The number of aromatic nitrogens is 1. The highest BCUT2D eigenvalue weighted by Crippen LogP contribution is 2.34. The number of likely N-dealkylation sites (N-methyl/N-ethyl adjacent to an activating group) is 1. The van der Waals surface area contributed by atoms with Crippen LogP contribution in [0.3, 0.4) is 0 Å². The zero-order valence-electron chi connectivity index (χ0n) is 20.6. The van der Waals surface area contributed by atoms with Crippen molar-refractivity contribution >= 4 is 11.8 Å². The molecular formula is C29H28F2N4O2. The molecule has 5 rings (SSSR count). The predicted molar refractivity (Wildman–Crippen MR) is 138 cm³/mol. The summed E-state index contributed by atoms with van der Waals surface area (Å²) in [7, 11) is 2.07. The number of rotatable bonds is 7. The van der Waals surface area contributed by atoms with E-state index >= 15 is 0 Å². The first-order valence-corrected chi connectivity index (χ1v) is 12.3. The number of hydrogen-bond donors (Lipinski definition) is 0. The average molecular weight is 503 g/mol. The molecule has 0 spiro atoms. The van der Waals surface area contributed by atoms with Gasteiger partial charge in [-0.15, -0.1) is 0 Å². The highest BCUT2D eigenvalue weighted by molar-refractivity contribution is 5.94. The Labute approximate surface area is 214 Å². The zero-order valence-corrected chi connectivity index (χ0v) is 20.6. The maximum Gasteiger partial charge on any atom is 0.257 e. The first-order chi connectivity index (χ1) is 18.0. The molecule has 6 nitrogen and oxygen atoms in total. The van der Waals surface area contributed by atoms with Crippen molar-refractivity contribution in [2.75, 3.05) is 38.1 Å². The van der Waals surface area contributed by atoms with Crippen LogP contribution >= 0.6 is 0 Å². The molecule has 37 heavy (non-hydrogen) atoms. The van der Waals surface area contributed by atoms with Crippen molar-refractivity contribution in [2.45, 2.75) is 13.1 Å². The number of nitrogens with zero attached hydrogens (tertiary/aromatic N) is 4. The smallest absolute Gasteiger partial charge is 0.257 e. The molecule has 1 fully saturated rings. The molecule has 0 aliphatic carbocycles. The van der Waals surface area contributed by atoms with Gasteiger partial charge in [0, 0.05) is 38.3 Å². The summed E-state index contributed by atoms with van der Waals surface area (Å²) in [6.07, 6.45) is 0. The number of benzene rings is 3. The van der Waals surface area contributed by atoms with Gasteiger partial charge in [-0.05, 0) is 49.0 Å². The first kappa shape index (κ1) is 24.6. The topological polar surface area (TPSA) is 52.8 Å². The Bertz CT molecular complexity index is 1350. The Morgan fingerprint density at radius 1 is 0.892 bits per heavy atom. The molecule has 0 atom stereocenters. The second kappa shape index (κ2) is 10.9. The fourth-order valence-electron chi connectivity index (χ4n) is 4.53. The maximum absolute atomic E-state index is 14.7. The van der Waals surface area contributed by atoms with Crippen LogP contribution in [0.25, 0.3) is 11.3 Å². The van der Waals surface area contributed by atoms with Crippen molar-refractivity contribution in [3.8, 4) is 11.3 Å². The van der Waals surface area contributed by atoms with E-state index in [0.29, 0.717) is 22.7 Å². The quantitative estimate of drug-likeness (QED) is 0.347. The van der Waals surface area contributed by atoms with Gasteiger partial charge in [0.25, 0.3) is 5.91 Å². The molecule has 0 radical (unpaired) electrons. The third-order valence-corrected chi connectivity index (χ3v) is 6.63. The highest BCUT2D eigenvalue weighted by atomic mass is 19.1. The Morgan fingerprint density at radius 3 is 2.27 bits per heavy atom. The summed E-state index contributed by atoms with van der Waals surface area (Å²) in [5.74, 6) is -0.785. The first-order valence-electron chi connectivity index (χ1n) is 12.3. The van der Waals surface area contributed by atoms with Gasteiger partial charge in [0.1, 0.15) is 17.3 Å². The summed E-state index contributed by atoms with van der Waals surface area (Å²) >= 11 is 0. The summed E-state index contributed by atoms with van der Waals surface area (Å²) in [6, 6.07) is 21.6. The molecule has 1 saturated heterocycles. The van der Waals surface area contributed by atoms with Crippen LogP contribution in [0.1, 0.15) is 21.5 Å². The molecule has 4 aromatic rings. The normalized spacial score (nSPS) is 14.1. The molecule has 8 heteroatoms. The Kier molecular flexibility index (Phi) is 7.28. The van der Waals surface area contributed by atoms with Crippen molar-refractivity contribution in [3.63, 3.8) is 0 Å². The minimum atomic E-state index is -0.575. The number of hydrogen-bond acceptors (Lipinski definition) is 5. The molecule has 1 aliphatic rings. The molecule has 2 heterocycles. The van der Waals surface area contributed by atoms with E-state index in [4.69, 9.17) is 4.52 Å². The minimum absolute atomic E-state index is 0.000588. The number of carbonyl (C=O) groups excluding carboxylic acids is 1. The van der Waals surface area contributed by atoms with Crippen LogP contribution in [0.2, 0.25) is 0 Å². The van der Waals surface area contributed by atoms with Gasteiger partial charge in [-0.25, -0.2) is 8.78 Å². The van der Waals surface area contributed by atoms with E-state index in [1.54, 1.807) is 29.2 Å². The van der Waals surface area contributed by atoms with E-state index in [9.17, 15) is 13.6 Å². The lowest BCUT2D eigenvalue weighted by Gasteiger charge is -2.33. The second-order valence-corrected chi connectivity index (χ2v) is 9.24. The van der Waals surface area contributed by atoms with E-state index in [0.717, 1.165) is 31.7 Å². The molecule has 1 aromatic heterocycles. The van der Waals surface area contributed by atoms with Gasteiger partial charge in [-0.3, -0.25) is 4.79 Å². The lowest BCUT2D eigenvalue weighted by molar-refractivity contribution is 0.0725. The maximum atomic E-state index is 14.7. The summed E-state index contributed by atoms with van der Waals surface area (Å²) in [5.41, 5.74) is 2.83. The van der Waals surface area contributed by atoms with E-state index in [-0.39, 0.29) is 24.5 Å². The number of anilines is 1. The number of halogens is 2. The van der Waals surface area contributed by atoms with Crippen molar-refractivity contribution in [3.05, 3.63) is 107 Å².